The van der Waals surface area contributed by atoms with Crippen LogP contribution in [0.15, 0.2) is 28.1 Å². The van der Waals surface area contributed by atoms with Crippen LogP contribution >= 0.6 is 38.9 Å². The van der Waals surface area contributed by atoms with Crippen LogP contribution in [-0.2, 0) is 4.74 Å². The lowest BCUT2D eigenvalue weighted by Crippen LogP contribution is -2.05. The van der Waals surface area contributed by atoms with E-state index in [2.05, 4.69) is 15.9 Å². The van der Waals surface area contributed by atoms with Crippen molar-refractivity contribution >= 4 is 44.7 Å². The van der Waals surface area contributed by atoms with E-state index in [-0.39, 0.29) is 5.78 Å². The molecule has 0 aliphatic heterocycles. The zero-order valence-electron chi connectivity index (χ0n) is 11.6. The van der Waals surface area contributed by atoms with Gasteiger partial charge in [0.1, 0.15) is 12.4 Å². The predicted molar refractivity (Wildman–Crippen MR) is 89.0 cm³/mol. The zero-order valence-corrected chi connectivity index (χ0v) is 14.8. The van der Waals surface area contributed by atoms with Crippen molar-refractivity contribution in [2.24, 2.45) is 0 Å². The maximum Gasteiger partial charge on any atom is 0.204 e. The Hall–Kier alpha value is -0.880. The number of carbonyl (C=O) groups excluding carboxylic acids is 1. The van der Waals surface area contributed by atoms with Crippen molar-refractivity contribution in [2.45, 2.75) is 6.92 Å². The lowest BCUT2D eigenvalue weighted by molar-refractivity contribution is 0.104. The molecule has 0 N–H and O–H groups in total. The van der Waals surface area contributed by atoms with Gasteiger partial charge in [-0.1, -0.05) is 11.6 Å². The minimum Gasteiger partial charge on any atom is -0.490 e. The highest BCUT2D eigenvalue weighted by molar-refractivity contribution is 9.10. The van der Waals surface area contributed by atoms with E-state index >= 15 is 0 Å². The highest BCUT2D eigenvalue weighted by Gasteiger charge is 2.17. The average Bonchev–Trinajstić information content (AvgIpc) is 2.80. The lowest BCUT2D eigenvalue weighted by atomic mass is 10.1. The van der Waals surface area contributed by atoms with E-state index in [1.54, 1.807) is 25.3 Å². The maximum absolute atomic E-state index is 12.4. The zero-order chi connectivity index (χ0) is 15.4. The molecule has 112 valence electrons. The third-order valence-corrected chi connectivity index (χ3v) is 5.16. The number of ketones is 1. The summed E-state index contributed by atoms with van der Waals surface area (Å²) in [6.07, 6.45) is 0. The van der Waals surface area contributed by atoms with Crippen molar-refractivity contribution in [1.82, 2.24) is 0 Å². The Morgan fingerprint density at radius 2 is 2.14 bits per heavy atom. The minimum atomic E-state index is -0.0813. The molecule has 2 rings (SSSR count). The molecule has 0 saturated carbocycles. The largest absolute Gasteiger partial charge is 0.490 e. The van der Waals surface area contributed by atoms with Gasteiger partial charge in [-0.15, -0.1) is 11.3 Å². The summed E-state index contributed by atoms with van der Waals surface area (Å²) in [4.78, 5) is 13.0. The van der Waals surface area contributed by atoms with Crippen LogP contribution in [0.25, 0.3) is 0 Å². The molecule has 0 spiro atoms. The second kappa shape index (κ2) is 7.40. The van der Waals surface area contributed by atoms with Gasteiger partial charge in [-0.2, -0.15) is 0 Å². The lowest BCUT2D eigenvalue weighted by Gasteiger charge is -2.09. The Labute approximate surface area is 141 Å². The van der Waals surface area contributed by atoms with Gasteiger partial charge in [0.2, 0.25) is 5.78 Å². The summed E-state index contributed by atoms with van der Waals surface area (Å²) in [5, 5.41) is 2.41. The van der Waals surface area contributed by atoms with Gasteiger partial charge in [0.15, 0.2) is 0 Å². The standard InChI is InChI=1S/C15H14BrClO3S/c1-9-8-21-15(13(9)17)14(18)10-3-4-12(11(16)7-10)20-6-5-19-2/h3-4,7-8H,5-6H2,1-2H3. The first-order valence-electron chi connectivity index (χ1n) is 6.24. The molecule has 1 aromatic heterocycles. The summed E-state index contributed by atoms with van der Waals surface area (Å²) >= 11 is 10.9. The van der Waals surface area contributed by atoms with E-state index < -0.39 is 0 Å². The summed E-state index contributed by atoms with van der Waals surface area (Å²) in [5.74, 6) is 0.597. The molecule has 6 heteroatoms. The summed E-state index contributed by atoms with van der Waals surface area (Å²) in [6.45, 7) is 2.85. The molecule has 0 atom stereocenters. The van der Waals surface area contributed by atoms with Crippen molar-refractivity contribution in [2.75, 3.05) is 20.3 Å². The third kappa shape index (κ3) is 3.86. The summed E-state index contributed by atoms with van der Waals surface area (Å²) in [7, 11) is 1.62. The molecule has 0 aliphatic rings. The van der Waals surface area contributed by atoms with Gasteiger partial charge in [0.05, 0.1) is 21.0 Å². The fourth-order valence-electron chi connectivity index (χ4n) is 1.71. The highest BCUT2D eigenvalue weighted by Crippen LogP contribution is 2.32. The second-order valence-corrected chi connectivity index (χ2v) is 6.49. The van der Waals surface area contributed by atoms with Crippen LogP contribution < -0.4 is 4.74 Å². The Balaban J connectivity index is 2.19. The number of benzene rings is 1. The second-order valence-electron chi connectivity index (χ2n) is 4.38. The number of ether oxygens (including phenoxy) is 2. The summed E-state index contributed by atoms with van der Waals surface area (Å²) in [5.41, 5.74) is 1.49. The van der Waals surface area contributed by atoms with Crippen molar-refractivity contribution < 1.29 is 14.3 Å². The Morgan fingerprint density at radius 3 is 2.71 bits per heavy atom. The smallest absolute Gasteiger partial charge is 0.204 e. The third-order valence-electron chi connectivity index (χ3n) is 2.84. The fraction of sp³-hybridized carbons (Fsp3) is 0.267. The quantitative estimate of drug-likeness (QED) is 0.529. The van der Waals surface area contributed by atoms with Crippen molar-refractivity contribution in [3.63, 3.8) is 0 Å². The van der Waals surface area contributed by atoms with Gasteiger partial charge in [0.25, 0.3) is 0 Å². The first kappa shape index (κ1) is 16.5. The molecular formula is C15H14BrClO3S. The Kier molecular flexibility index (Phi) is 5.81. The molecule has 1 aromatic carbocycles. The first-order chi connectivity index (χ1) is 10.0. The van der Waals surface area contributed by atoms with Crippen LogP contribution in [0.4, 0.5) is 0 Å². The van der Waals surface area contributed by atoms with Gasteiger partial charge < -0.3 is 9.47 Å². The molecule has 2 aromatic rings. The molecule has 21 heavy (non-hydrogen) atoms. The molecule has 0 bridgehead atoms. The molecule has 1 heterocycles. The molecule has 0 fully saturated rings. The topological polar surface area (TPSA) is 35.5 Å². The molecule has 0 unspecified atom stereocenters. The van der Waals surface area contributed by atoms with E-state index in [9.17, 15) is 4.79 Å². The van der Waals surface area contributed by atoms with Crippen molar-refractivity contribution in [3.05, 3.63) is 49.1 Å². The summed E-state index contributed by atoms with van der Waals surface area (Å²) < 4.78 is 11.2. The number of halogens is 2. The molecular weight excluding hydrogens is 376 g/mol. The van der Waals surface area contributed by atoms with Gasteiger partial charge in [-0.3, -0.25) is 4.79 Å². The number of hydrogen-bond donors (Lipinski definition) is 0. The van der Waals surface area contributed by atoms with Crippen LogP contribution in [0, 0.1) is 6.92 Å². The average molecular weight is 390 g/mol. The van der Waals surface area contributed by atoms with E-state index in [1.807, 2.05) is 12.3 Å². The van der Waals surface area contributed by atoms with Crippen LogP contribution in [0.5, 0.6) is 5.75 Å². The van der Waals surface area contributed by atoms with E-state index in [4.69, 9.17) is 21.1 Å². The molecule has 0 radical (unpaired) electrons. The molecule has 0 amide bonds. The van der Waals surface area contributed by atoms with Gasteiger partial charge >= 0.3 is 0 Å². The van der Waals surface area contributed by atoms with Crippen LogP contribution in [-0.4, -0.2) is 26.1 Å². The van der Waals surface area contributed by atoms with Gasteiger partial charge in [-0.05, 0) is 52.0 Å². The van der Waals surface area contributed by atoms with E-state index in [1.165, 1.54) is 11.3 Å². The van der Waals surface area contributed by atoms with Gasteiger partial charge in [0, 0.05) is 12.7 Å². The molecule has 0 saturated heterocycles. The van der Waals surface area contributed by atoms with Crippen molar-refractivity contribution in [3.8, 4) is 5.75 Å². The molecule has 0 aliphatic carbocycles. The number of thiophene rings is 1. The number of rotatable bonds is 6. The Bertz CT molecular complexity index is 654. The van der Waals surface area contributed by atoms with Crippen LogP contribution in [0.2, 0.25) is 5.02 Å². The normalized spacial score (nSPS) is 10.7. The molecule has 3 nitrogen and oxygen atoms in total. The number of aryl methyl sites for hydroxylation is 1. The SMILES string of the molecule is COCCOc1ccc(C(=O)c2scc(C)c2Cl)cc1Br. The van der Waals surface area contributed by atoms with Gasteiger partial charge in [-0.25, -0.2) is 0 Å². The summed E-state index contributed by atoms with van der Waals surface area (Å²) in [6, 6.07) is 5.25. The highest BCUT2D eigenvalue weighted by atomic mass is 79.9. The fourth-order valence-corrected chi connectivity index (χ4v) is 3.44. The Morgan fingerprint density at radius 1 is 1.38 bits per heavy atom. The minimum absolute atomic E-state index is 0.0813. The number of methoxy groups -OCH3 is 1. The first-order valence-corrected chi connectivity index (χ1v) is 8.29. The number of carbonyl (C=O) groups is 1. The maximum atomic E-state index is 12.4. The van der Waals surface area contributed by atoms with Crippen molar-refractivity contribution in [1.29, 1.82) is 0 Å². The number of hydrogen-bond acceptors (Lipinski definition) is 4. The van der Waals surface area contributed by atoms with Crippen LogP contribution in [0.1, 0.15) is 20.8 Å². The predicted octanol–water partition coefficient (Wildman–Crippen LogP) is 4.73. The monoisotopic (exact) mass is 388 g/mol. The van der Waals surface area contributed by atoms with E-state index in [0.29, 0.717) is 34.4 Å². The van der Waals surface area contributed by atoms with E-state index in [0.717, 1.165) is 10.0 Å². The van der Waals surface area contributed by atoms with Crippen LogP contribution in [0.3, 0.4) is 0 Å².